The minimum absolute atomic E-state index is 0.267. The van der Waals surface area contributed by atoms with Gasteiger partial charge in [0.1, 0.15) is 6.61 Å². The summed E-state index contributed by atoms with van der Waals surface area (Å²) in [7, 11) is 0. The fraction of sp³-hybridized carbons (Fsp3) is 0.286. The number of carbonyl (C=O) groups is 1. The second-order valence-corrected chi connectivity index (χ2v) is 5.79. The summed E-state index contributed by atoms with van der Waals surface area (Å²) in [5.41, 5.74) is 2.07. The highest BCUT2D eigenvalue weighted by Gasteiger charge is 2.24. The van der Waals surface area contributed by atoms with E-state index in [9.17, 15) is 4.79 Å². The topological polar surface area (TPSA) is 47.4 Å². The number of hydrogen-bond acceptors (Lipinski definition) is 3. The Morgan fingerprint density at radius 3 is 2.90 bits per heavy atom. The molecule has 1 aliphatic heterocycles. The van der Waals surface area contributed by atoms with Gasteiger partial charge in [-0.3, -0.25) is 4.68 Å². The molecule has 0 N–H and O–H groups in total. The number of hydrogen-bond donors (Lipinski definition) is 0. The number of ether oxygens (including phenoxy) is 1. The van der Waals surface area contributed by atoms with Gasteiger partial charge in [0.05, 0.1) is 28.6 Å². The van der Waals surface area contributed by atoms with E-state index in [1.54, 1.807) is 4.90 Å². The number of benzene rings is 1. The maximum Gasteiger partial charge on any atom is 0.410 e. The first-order valence-corrected chi connectivity index (χ1v) is 7.48. The Kier molecular flexibility index (Phi) is 3.90. The van der Waals surface area contributed by atoms with E-state index in [0.717, 1.165) is 21.4 Å². The van der Waals surface area contributed by atoms with Crippen molar-refractivity contribution in [3.05, 3.63) is 51.4 Å². The average Bonchev–Trinajstić information content (AvgIpc) is 2.87. The van der Waals surface area contributed by atoms with E-state index >= 15 is 0 Å². The Bertz CT molecular complexity index is 612. The van der Waals surface area contributed by atoms with E-state index in [4.69, 9.17) is 4.74 Å². The molecule has 0 saturated heterocycles. The van der Waals surface area contributed by atoms with Crippen molar-refractivity contribution in [2.24, 2.45) is 0 Å². The van der Waals surface area contributed by atoms with Crippen LogP contribution in [0, 0.1) is 3.57 Å². The van der Waals surface area contributed by atoms with E-state index < -0.39 is 0 Å². The first-order chi connectivity index (χ1) is 9.74. The molecule has 1 aromatic carbocycles. The van der Waals surface area contributed by atoms with Crippen molar-refractivity contribution in [2.45, 2.75) is 19.7 Å². The summed E-state index contributed by atoms with van der Waals surface area (Å²) in [6.07, 6.45) is 1.56. The molecule has 0 atom stereocenters. The van der Waals surface area contributed by atoms with Crippen molar-refractivity contribution in [3.63, 3.8) is 0 Å². The molecule has 0 radical (unpaired) electrons. The van der Waals surface area contributed by atoms with E-state index in [2.05, 4.69) is 27.7 Å². The molecule has 1 aliphatic rings. The number of halogens is 1. The lowest BCUT2D eigenvalue weighted by atomic mass is 10.2. The van der Waals surface area contributed by atoms with Gasteiger partial charge in [-0.05, 0) is 28.2 Å². The number of fused-ring (bicyclic) bond motifs is 1. The first kappa shape index (κ1) is 13.4. The van der Waals surface area contributed by atoms with Gasteiger partial charge in [-0.25, -0.2) is 4.79 Å². The first-order valence-electron chi connectivity index (χ1n) is 6.40. The van der Waals surface area contributed by atoms with Crippen LogP contribution in [0.5, 0.6) is 0 Å². The molecule has 2 heterocycles. The largest absolute Gasteiger partial charge is 0.445 e. The van der Waals surface area contributed by atoms with Crippen molar-refractivity contribution in [1.82, 2.24) is 14.7 Å². The molecular formula is C14H14IN3O2. The van der Waals surface area contributed by atoms with Crippen LogP contribution in [-0.2, 0) is 24.4 Å². The molecule has 0 fully saturated rings. The maximum absolute atomic E-state index is 12.1. The number of nitrogens with zero attached hydrogens (tertiary/aromatic N) is 3. The molecule has 0 spiro atoms. The highest BCUT2D eigenvalue weighted by atomic mass is 127. The summed E-state index contributed by atoms with van der Waals surface area (Å²) in [6, 6.07) is 9.71. The smallest absolute Gasteiger partial charge is 0.410 e. The third kappa shape index (κ3) is 2.79. The van der Waals surface area contributed by atoms with Crippen LogP contribution in [0.4, 0.5) is 4.79 Å². The lowest BCUT2D eigenvalue weighted by Gasteiger charge is -2.27. The summed E-state index contributed by atoms with van der Waals surface area (Å²) >= 11 is 2.24. The highest BCUT2D eigenvalue weighted by molar-refractivity contribution is 14.1. The number of rotatable bonds is 2. The van der Waals surface area contributed by atoms with Crippen molar-refractivity contribution in [3.8, 4) is 0 Å². The molecule has 0 aliphatic carbocycles. The standard InChI is InChI=1S/C14H14IN3O2/c15-12-8-16-18-7-6-17(9-13(12)18)14(19)20-10-11-4-2-1-3-5-11/h1-5,8H,6-7,9-10H2. The van der Waals surface area contributed by atoms with Crippen molar-refractivity contribution in [2.75, 3.05) is 6.54 Å². The zero-order valence-electron chi connectivity index (χ0n) is 10.8. The van der Waals surface area contributed by atoms with Gasteiger partial charge in [-0.15, -0.1) is 0 Å². The van der Waals surface area contributed by atoms with Crippen LogP contribution in [0.25, 0.3) is 0 Å². The quantitative estimate of drug-likeness (QED) is 0.750. The normalized spacial score (nSPS) is 13.9. The Morgan fingerprint density at radius 2 is 2.10 bits per heavy atom. The van der Waals surface area contributed by atoms with Crippen LogP contribution < -0.4 is 0 Å². The lowest BCUT2D eigenvalue weighted by Crippen LogP contribution is -2.39. The third-order valence-corrected chi connectivity index (χ3v) is 4.18. The number of amides is 1. The number of aromatic nitrogens is 2. The van der Waals surface area contributed by atoms with Crippen molar-refractivity contribution >= 4 is 28.7 Å². The molecule has 5 nitrogen and oxygen atoms in total. The molecule has 104 valence electrons. The van der Waals surface area contributed by atoms with Crippen molar-refractivity contribution in [1.29, 1.82) is 0 Å². The van der Waals surface area contributed by atoms with Crippen LogP contribution in [0.1, 0.15) is 11.3 Å². The summed E-state index contributed by atoms with van der Waals surface area (Å²) in [6.45, 7) is 2.23. The van der Waals surface area contributed by atoms with Gasteiger partial charge in [-0.2, -0.15) is 5.10 Å². The van der Waals surface area contributed by atoms with Gasteiger partial charge in [0.15, 0.2) is 0 Å². The van der Waals surface area contributed by atoms with E-state index in [-0.39, 0.29) is 6.09 Å². The molecule has 3 rings (SSSR count). The minimum Gasteiger partial charge on any atom is -0.445 e. The lowest BCUT2D eigenvalue weighted by molar-refractivity contribution is 0.0857. The third-order valence-electron chi connectivity index (χ3n) is 3.28. The number of carbonyl (C=O) groups excluding carboxylic acids is 1. The van der Waals surface area contributed by atoms with Gasteiger partial charge in [-0.1, -0.05) is 30.3 Å². The Labute approximate surface area is 130 Å². The molecule has 1 aromatic heterocycles. The second kappa shape index (κ2) is 5.82. The van der Waals surface area contributed by atoms with E-state index in [0.29, 0.717) is 19.7 Å². The van der Waals surface area contributed by atoms with Gasteiger partial charge in [0.2, 0.25) is 0 Å². The minimum atomic E-state index is -0.267. The highest BCUT2D eigenvalue weighted by Crippen LogP contribution is 2.18. The fourth-order valence-electron chi connectivity index (χ4n) is 2.18. The molecule has 2 aromatic rings. The van der Waals surface area contributed by atoms with E-state index in [1.807, 2.05) is 41.2 Å². The van der Waals surface area contributed by atoms with Crippen LogP contribution in [-0.4, -0.2) is 27.3 Å². The molecule has 0 unspecified atom stereocenters. The maximum atomic E-state index is 12.1. The molecule has 20 heavy (non-hydrogen) atoms. The van der Waals surface area contributed by atoms with Crippen LogP contribution in [0.15, 0.2) is 36.5 Å². The molecule has 0 bridgehead atoms. The summed E-state index contributed by atoms with van der Waals surface area (Å²) < 4.78 is 8.39. The van der Waals surface area contributed by atoms with Crippen molar-refractivity contribution < 1.29 is 9.53 Å². The molecule has 1 amide bonds. The monoisotopic (exact) mass is 383 g/mol. The predicted octanol–water partition coefficient (Wildman–Crippen LogP) is 2.64. The Hall–Kier alpha value is -1.57. The van der Waals surface area contributed by atoms with Gasteiger partial charge in [0, 0.05) is 6.54 Å². The summed E-state index contributed by atoms with van der Waals surface area (Å²) in [5, 5.41) is 4.27. The van der Waals surface area contributed by atoms with Crippen LogP contribution >= 0.6 is 22.6 Å². The summed E-state index contributed by atoms with van der Waals surface area (Å²) in [5.74, 6) is 0. The molecular weight excluding hydrogens is 369 g/mol. The van der Waals surface area contributed by atoms with Gasteiger partial charge in [0.25, 0.3) is 0 Å². The summed E-state index contributed by atoms with van der Waals surface area (Å²) in [4.78, 5) is 13.8. The van der Waals surface area contributed by atoms with Gasteiger partial charge < -0.3 is 9.64 Å². The van der Waals surface area contributed by atoms with E-state index in [1.165, 1.54) is 0 Å². The zero-order valence-corrected chi connectivity index (χ0v) is 13.0. The predicted molar refractivity (Wildman–Crippen MR) is 82.0 cm³/mol. The Balaban J connectivity index is 1.60. The Morgan fingerprint density at radius 1 is 1.30 bits per heavy atom. The van der Waals surface area contributed by atoms with Crippen LogP contribution in [0.3, 0.4) is 0 Å². The second-order valence-electron chi connectivity index (χ2n) is 4.62. The van der Waals surface area contributed by atoms with Crippen LogP contribution in [0.2, 0.25) is 0 Å². The molecule has 0 saturated carbocycles. The average molecular weight is 383 g/mol. The van der Waals surface area contributed by atoms with Gasteiger partial charge >= 0.3 is 6.09 Å². The zero-order chi connectivity index (χ0) is 13.9. The fourth-order valence-corrected chi connectivity index (χ4v) is 2.75. The SMILES string of the molecule is O=C(OCc1ccccc1)N1CCn2ncc(I)c2C1. The molecule has 6 heteroatoms.